The minimum absolute atomic E-state index is 0.183. The third kappa shape index (κ3) is 3.84. The van der Waals surface area contributed by atoms with Crippen molar-refractivity contribution >= 4 is 5.97 Å². The van der Waals surface area contributed by atoms with Gasteiger partial charge in [0.25, 0.3) is 0 Å². The van der Waals surface area contributed by atoms with Crippen LogP contribution in [-0.4, -0.2) is 70.1 Å². The first-order chi connectivity index (χ1) is 12.4. The van der Waals surface area contributed by atoms with Crippen molar-refractivity contribution in [2.45, 2.75) is 56.4 Å². The van der Waals surface area contributed by atoms with Crippen LogP contribution in [0.25, 0.3) is 0 Å². The number of hydrogen-bond acceptors (Lipinski definition) is 8. The van der Waals surface area contributed by atoms with Crippen LogP contribution >= 0.6 is 0 Å². The van der Waals surface area contributed by atoms with Crippen LogP contribution in [0.5, 0.6) is 5.75 Å². The standard InChI is InChI=1S/C18H24O8/c1-9-2-3-10(6-12(9)25-11-4-5-14(20)24-8-11)18-17(23)16(22)15(21)13(7-19)26-18/h2-3,6,11,13,15-19,21-23H,4-5,7-8H2,1H3/t11?,13-,15-,16+,17-,18?/m1/s1. The van der Waals surface area contributed by atoms with Crippen LogP contribution in [0.4, 0.5) is 0 Å². The molecule has 2 aliphatic rings. The molecule has 144 valence electrons. The molecule has 2 unspecified atom stereocenters. The zero-order valence-corrected chi connectivity index (χ0v) is 14.4. The smallest absolute Gasteiger partial charge is 0.306 e. The third-order valence-electron chi connectivity index (χ3n) is 4.83. The number of carbonyl (C=O) groups is 1. The number of aliphatic hydroxyl groups excluding tert-OH is 4. The first kappa shape index (κ1) is 19.1. The fourth-order valence-corrected chi connectivity index (χ4v) is 3.19. The van der Waals surface area contributed by atoms with Gasteiger partial charge in [0.15, 0.2) is 0 Å². The molecule has 2 heterocycles. The van der Waals surface area contributed by atoms with Crippen molar-refractivity contribution in [1.82, 2.24) is 0 Å². The van der Waals surface area contributed by atoms with Gasteiger partial charge in [0, 0.05) is 6.42 Å². The molecule has 0 aromatic heterocycles. The molecule has 2 aliphatic heterocycles. The maximum Gasteiger partial charge on any atom is 0.306 e. The molecule has 0 amide bonds. The highest BCUT2D eigenvalue weighted by atomic mass is 16.6. The average Bonchev–Trinajstić information content (AvgIpc) is 2.64. The average molecular weight is 368 g/mol. The maximum atomic E-state index is 11.2. The van der Waals surface area contributed by atoms with Crippen LogP contribution in [0.2, 0.25) is 0 Å². The summed E-state index contributed by atoms with van der Waals surface area (Å²) < 4.78 is 16.5. The van der Waals surface area contributed by atoms with Crippen molar-refractivity contribution in [2.75, 3.05) is 13.2 Å². The second-order valence-corrected chi connectivity index (χ2v) is 6.74. The minimum Gasteiger partial charge on any atom is -0.487 e. The Morgan fingerprint density at radius 2 is 1.96 bits per heavy atom. The molecule has 4 N–H and O–H groups in total. The predicted octanol–water partition coefficient (Wildman–Crippen LogP) is -0.406. The summed E-state index contributed by atoms with van der Waals surface area (Å²) in [4.78, 5) is 11.2. The number of benzene rings is 1. The van der Waals surface area contributed by atoms with E-state index in [1.54, 1.807) is 18.2 Å². The second-order valence-electron chi connectivity index (χ2n) is 6.74. The lowest BCUT2D eigenvalue weighted by atomic mass is 9.91. The highest BCUT2D eigenvalue weighted by Gasteiger charge is 2.44. The molecule has 1 aromatic rings. The molecule has 6 atom stereocenters. The van der Waals surface area contributed by atoms with E-state index >= 15 is 0 Å². The van der Waals surface area contributed by atoms with Gasteiger partial charge in [-0.2, -0.15) is 0 Å². The SMILES string of the molecule is Cc1ccc(C2O[C@H](CO)[C@@H](O)[C@H](O)[C@H]2O)cc1OC1CCC(=O)OC1. The van der Waals surface area contributed by atoms with Gasteiger partial charge in [-0.3, -0.25) is 4.79 Å². The molecule has 3 rings (SSSR count). The number of aryl methyl sites for hydroxylation is 1. The van der Waals surface area contributed by atoms with Gasteiger partial charge in [-0.25, -0.2) is 0 Å². The monoisotopic (exact) mass is 368 g/mol. The van der Waals surface area contributed by atoms with Crippen molar-refractivity contribution in [2.24, 2.45) is 0 Å². The molecule has 8 nitrogen and oxygen atoms in total. The largest absolute Gasteiger partial charge is 0.487 e. The summed E-state index contributed by atoms with van der Waals surface area (Å²) in [5, 5.41) is 39.5. The fraction of sp³-hybridized carbons (Fsp3) is 0.611. The van der Waals surface area contributed by atoms with Gasteiger partial charge < -0.3 is 34.6 Å². The quantitative estimate of drug-likeness (QED) is 0.529. The Bertz CT molecular complexity index is 636. The molecule has 0 saturated carbocycles. The minimum atomic E-state index is -1.44. The molecule has 0 bridgehead atoms. The van der Waals surface area contributed by atoms with E-state index in [1.165, 1.54) is 0 Å². The first-order valence-electron chi connectivity index (χ1n) is 8.64. The van der Waals surface area contributed by atoms with Gasteiger partial charge in [0.2, 0.25) is 0 Å². The lowest BCUT2D eigenvalue weighted by Gasteiger charge is -2.40. The molecular weight excluding hydrogens is 344 g/mol. The summed E-state index contributed by atoms with van der Waals surface area (Å²) in [7, 11) is 0. The molecule has 2 saturated heterocycles. The topological polar surface area (TPSA) is 126 Å². The Hall–Kier alpha value is -1.71. The van der Waals surface area contributed by atoms with Crippen LogP contribution in [-0.2, 0) is 14.3 Å². The van der Waals surface area contributed by atoms with Gasteiger partial charge in [-0.05, 0) is 30.5 Å². The predicted molar refractivity (Wildman–Crippen MR) is 88.5 cm³/mol. The Morgan fingerprint density at radius 1 is 1.19 bits per heavy atom. The van der Waals surface area contributed by atoms with E-state index in [4.69, 9.17) is 14.2 Å². The number of aliphatic hydroxyl groups is 4. The van der Waals surface area contributed by atoms with Crippen LogP contribution in [0.15, 0.2) is 18.2 Å². The van der Waals surface area contributed by atoms with E-state index in [2.05, 4.69) is 0 Å². The molecule has 2 fully saturated rings. The van der Waals surface area contributed by atoms with E-state index in [0.29, 0.717) is 24.2 Å². The maximum absolute atomic E-state index is 11.2. The molecule has 26 heavy (non-hydrogen) atoms. The van der Waals surface area contributed by atoms with E-state index in [9.17, 15) is 25.2 Å². The van der Waals surface area contributed by atoms with E-state index in [-0.39, 0.29) is 18.7 Å². The zero-order chi connectivity index (χ0) is 18.8. The normalized spacial score (nSPS) is 35.0. The number of esters is 1. The summed E-state index contributed by atoms with van der Waals surface area (Å²) in [5.74, 6) is 0.319. The Labute approximate surface area is 150 Å². The van der Waals surface area contributed by atoms with Crippen molar-refractivity contribution in [3.05, 3.63) is 29.3 Å². The Morgan fingerprint density at radius 3 is 2.62 bits per heavy atom. The number of rotatable bonds is 4. The van der Waals surface area contributed by atoms with Gasteiger partial charge in [-0.15, -0.1) is 0 Å². The lowest BCUT2D eigenvalue weighted by molar-refractivity contribution is -0.231. The summed E-state index contributed by atoms with van der Waals surface area (Å²) in [6.07, 6.45) is -5.47. The number of cyclic esters (lactones) is 1. The van der Waals surface area contributed by atoms with Crippen molar-refractivity contribution in [1.29, 1.82) is 0 Å². The van der Waals surface area contributed by atoms with E-state index in [1.807, 2.05) is 6.92 Å². The number of ether oxygens (including phenoxy) is 3. The van der Waals surface area contributed by atoms with Gasteiger partial charge in [0.1, 0.15) is 49.0 Å². The van der Waals surface area contributed by atoms with Gasteiger partial charge in [0.05, 0.1) is 6.61 Å². The molecule has 8 heteroatoms. The molecule has 0 aliphatic carbocycles. The zero-order valence-electron chi connectivity index (χ0n) is 14.4. The highest BCUT2D eigenvalue weighted by Crippen LogP contribution is 2.35. The summed E-state index contributed by atoms with van der Waals surface area (Å²) >= 11 is 0. The molecular formula is C18H24O8. The van der Waals surface area contributed by atoms with Crippen LogP contribution < -0.4 is 4.74 Å². The van der Waals surface area contributed by atoms with Crippen LogP contribution in [0.1, 0.15) is 30.1 Å². The van der Waals surface area contributed by atoms with Crippen LogP contribution in [0, 0.1) is 6.92 Å². The second kappa shape index (κ2) is 7.89. The van der Waals surface area contributed by atoms with Gasteiger partial charge in [-0.1, -0.05) is 12.1 Å². The number of hydrogen-bond donors (Lipinski definition) is 4. The summed E-state index contributed by atoms with van der Waals surface area (Å²) in [6.45, 7) is 1.56. The molecule has 1 aromatic carbocycles. The van der Waals surface area contributed by atoms with Gasteiger partial charge >= 0.3 is 5.97 Å². The van der Waals surface area contributed by atoms with E-state index in [0.717, 1.165) is 5.56 Å². The molecule has 0 radical (unpaired) electrons. The Balaban J connectivity index is 1.79. The van der Waals surface area contributed by atoms with Crippen molar-refractivity contribution in [3.63, 3.8) is 0 Å². The third-order valence-corrected chi connectivity index (χ3v) is 4.83. The summed E-state index contributed by atoms with van der Waals surface area (Å²) in [6, 6.07) is 5.22. The first-order valence-corrected chi connectivity index (χ1v) is 8.64. The lowest BCUT2D eigenvalue weighted by Crippen LogP contribution is -2.55. The Kier molecular flexibility index (Phi) is 5.79. The van der Waals surface area contributed by atoms with Crippen molar-refractivity contribution in [3.8, 4) is 5.75 Å². The fourth-order valence-electron chi connectivity index (χ4n) is 3.19. The summed E-state index contributed by atoms with van der Waals surface area (Å²) in [5.41, 5.74) is 1.41. The number of carbonyl (C=O) groups excluding carboxylic acids is 1. The van der Waals surface area contributed by atoms with Crippen molar-refractivity contribution < 1.29 is 39.4 Å². The molecule has 0 spiro atoms. The highest BCUT2D eigenvalue weighted by molar-refractivity contribution is 5.70. The van der Waals surface area contributed by atoms with E-state index < -0.39 is 37.1 Å². The van der Waals surface area contributed by atoms with Crippen LogP contribution in [0.3, 0.4) is 0 Å².